The molecule has 0 aromatic heterocycles. The molecule has 0 bridgehead atoms. The standard InChI is InChI=1S/C11H23NO2/c1-5-10(4)12-8-11(13)14-7-6-9(2)3/h9-10,12H,5-8H2,1-4H3. The lowest BCUT2D eigenvalue weighted by Gasteiger charge is -2.11. The number of esters is 1. The molecule has 1 N–H and O–H groups in total. The molecule has 14 heavy (non-hydrogen) atoms. The molecule has 0 rings (SSSR count). The Hall–Kier alpha value is -0.570. The van der Waals surface area contributed by atoms with Crippen molar-refractivity contribution in [3.05, 3.63) is 0 Å². The van der Waals surface area contributed by atoms with Crippen molar-refractivity contribution < 1.29 is 9.53 Å². The Kier molecular flexibility index (Phi) is 7.48. The second-order valence-corrected chi connectivity index (χ2v) is 4.09. The largest absolute Gasteiger partial charge is 0.465 e. The van der Waals surface area contributed by atoms with E-state index in [1.54, 1.807) is 0 Å². The van der Waals surface area contributed by atoms with E-state index in [0.29, 0.717) is 25.1 Å². The Labute approximate surface area is 87.2 Å². The molecule has 1 atom stereocenters. The molecule has 0 aromatic carbocycles. The van der Waals surface area contributed by atoms with Gasteiger partial charge in [-0.25, -0.2) is 0 Å². The lowest BCUT2D eigenvalue weighted by molar-refractivity contribution is -0.143. The van der Waals surface area contributed by atoms with E-state index in [1.807, 2.05) is 0 Å². The Morgan fingerprint density at radius 2 is 2.00 bits per heavy atom. The van der Waals surface area contributed by atoms with Crippen LogP contribution in [-0.4, -0.2) is 25.2 Å². The predicted molar refractivity (Wildman–Crippen MR) is 58.2 cm³/mol. The van der Waals surface area contributed by atoms with Crippen molar-refractivity contribution >= 4 is 5.97 Å². The molecule has 0 saturated heterocycles. The second-order valence-electron chi connectivity index (χ2n) is 4.09. The quantitative estimate of drug-likeness (QED) is 0.640. The van der Waals surface area contributed by atoms with Crippen LogP contribution in [0, 0.1) is 5.92 Å². The minimum Gasteiger partial charge on any atom is -0.465 e. The van der Waals surface area contributed by atoms with Crippen molar-refractivity contribution in [1.29, 1.82) is 0 Å². The van der Waals surface area contributed by atoms with Gasteiger partial charge < -0.3 is 10.1 Å². The van der Waals surface area contributed by atoms with Crippen LogP contribution in [0.25, 0.3) is 0 Å². The molecule has 3 heteroatoms. The molecule has 0 aromatic rings. The van der Waals surface area contributed by atoms with Crippen LogP contribution in [0.2, 0.25) is 0 Å². The van der Waals surface area contributed by atoms with Crippen molar-refractivity contribution in [3.8, 4) is 0 Å². The first kappa shape index (κ1) is 13.4. The molecule has 0 aliphatic carbocycles. The molecule has 0 fully saturated rings. The summed E-state index contributed by atoms with van der Waals surface area (Å²) in [6, 6.07) is 0.382. The van der Waals surface area contributed by atoms with Crippen molar-refractivity contribution in [2.45, 2.75) is 46.6 Å². The van der Waals surface area contributed by atoms with Gasteiger partial charge in [0.2, 0.25) is 0 Å². The summed E-state index contributed by atoms with van der Waals surface area (Å²) < 4.78 is 5.05. The fraction of sp³-hybridized carbons (Fsp3) is 0.909. The van der Waals surface area contributed by atoms with E-state index in [1.165, 1.54) is 0 Å². The van der Waals surface area contributed by atoms with E-state index in [0.717, 1.165) is 12.8 Å². The summed E-state index contributed by atoms with van der Waals surface area (Å²) in [5.41, 5.74) is 0. The lowest BCUT2D eigenvalue weighted by atomic mass is 10.1. The summed E-state index contributed by atoms with van der Waals surface area (Å²) in [5, 5.41) is 3.10. The topological polar surface area (TPSA) is 38.3 Å². The molecule has 0 spiro atoms. The summed E-state index contributed by atoms with van der Waals surface area (Å²) in [7, 11) is 0. The lowest BCUT2D eigenvalue weighted by Crippen LogP contribution is -2.32. The van der Waals surface area contributed by atoms with Crippen LogP contribution in [0.15, 0.2) is 0 Å². The van der Waals surface area contributed by atoms with Crippen LogP contribution in [0.1, 0.15) is 40.5 Å². The Morgan fingerprint density at radius 3 is 2.50 bits per heavy atom. The fourth-order valence-corrected chi connectivity index (χ4v) is 0.861. The van der Waals surface area contributed by atoms with Gasteiger partial charge in [-0.3, -0.25) is 4.79 Å². The first-order valence-electron chi connectivity index (χ1n) is 5.45. The number of carbonyl (C=O) groups is 1. The number of nitrogens with one attached hydrogen (secondary N) is 1. The Balaban J connectivity index is 3.37. The summed E-state index contributed by atoms with van der Waals surface area (Å²) in [4.78, 5) is 11.2. The molecule has 0 amide bonds. The summed E-state index contributed by atoms with van der Waals surface area (Å²) in [6.07, 6.45) is 1.97. The van der Waals surface area contributed by atoms with Crippen LogP contribution in [-0.2, 0) is 9.53 Å². The number of carbonyl (C=O) groups excluding carboxylic acids is 1. The Morgan fingerprint density at radius 1 is 1.36 bits per heavy atom. The van der Waals surface area contributed by atoms with E-state index in [2.05, 4.69) is 33.0 Å². The smallest absolute Gasteiger partial charge is 0.319 e. The number of rotatable bonds is 7. The maximum absolute atomic E-state index is 11.2. The van der Waals surface area contributed by atoms with E-state index < -0.39 is 0 Å². The zero-order valence-corrected chi connectivity index (χ0v) is 9.80. The monoisotopic (exact) mass is 201 g/mol. The van der Waals surface area contributed by atoms with Gasteiger partial charge in [0.25, 0.3) is 0 Å². The summed E-state index contributed by atoms with van der Waals surface area (Å²) in [6.45, 7) is 9.24. The third-order valence-electron chi connectivity index (χ3n) is 2.17. The molecule has 84 valence electrons. The number of hydrogen-bond donors (Lipinski definition) is 1. The fourth-order valence-electron chi connectivity index (χ4n) is 0.861. The van der Waals surface area contributed by atoms with Gasteiger partial charge in [0.05, 0.1) is 13.2 Å². The average molecular weight is 201 g/mol. The van der Waals surface area contributed by atoms with Gasteiger partial charge in [-0.15, -0.1) is 0 Å². The van der Waals surface area contributed by atoms with Gasteiger partial charge in [-0.05, 0) is 25.7 Å². The second kappa shape index (κ2) is 7.80. The molecule has 0 heterocycles. The molecular weight excluding hydrogens is 178 g/mol. The highest BCUT2D eigenvalue weighted by Gasteiger charge is 2.05. The molecule has 1 unspecified atom stereocenters. The third-order valence-corrected chi connectivity index (χ3v) is 2.17. The van der Waals surface area contributed by atoms with E-state index in [-0.39, 0.29) is 5.97 Å². The van der Waals surface area contributed by atoms with Gasteiger partial charge in [-0.1, -0.05) is 20.8 Å². The van der Waals surface area contributed by atoms with Crippen molar-refractivity contribution in [2.75, 3.05) is 13.2 Å². The minimum absolute atomic E-state index is 0.147. The van der Waals surface area contributed by atoms with Gasteiger partial charge in [-0.2, -0.15) is 0 Å². The molecule has 0 saturated carbocycles. The molecule has 3 nitrogen and oxygen atoms in total. The van der Waals surface area contributed by atoms with E-state index in [9.17, 15) is 4.79 Å². The van der Waals surface area contributed by atoms with Crippen molar-refractivity contribution in [2.24, 2.45) is 5.92 Å². The van der Waals surface area contributed by atoms with E-state index in [4.69, 9.17) is 4.74 Å². The van der Waals surface area contributed by atoms with Crippen LogP contribution in [0.4, 0.5) is 0 Å². The summed E-state index contributed by atoms with van der Waals surface area (Å²) >= 11 is 0. The zero-order chi connectivity index (χ0) is 11.0. The van der Waals surface area contributed by atoms with Crippen LogP contribution in [0.5, 0.6) is 0 Å². The zero-order valence-electron chi connectivity index (χ0n) is 9.80. The first-order chi connectivity index (χ1) is 6.56. The van der Waals surface area contributed by atoms with E-state index >= 15 is 0 Å². The maximum atomic E-state index is 11.2. The van der Waals surface area contributed by atoms with Gasteiger partial charge in [0.1, 0.15) is 0 Å². The molecule has 0 radical (unpaired) electrons. The van der Waals surface area contributed by atoms with Gasteiger partial charge >= 0.3 is 5.97 Å². The maximum Gasteiger partial charge on any atom is 0.319 e. The highest BCUT2D eigenvalue weighted by atomic mass is 16.5. The normalized spacial score (nSPS) is 12.9. The highest BCUT2D eigenvalue weighted by Crippen LogP contribution is 1.98. The predicted octanol–water partition coefficient (Wildman–Crippen LogP) is 1.96. The van der Waals surface area contributed by atoms with Crippen LogP contribution < -0.4 is 5.32 Å². The summed E-state index contributed by atoms with van der Waals surface area (Å²) in [5.74, 6) is 0.441. The third kappa shape index (κ3) is 8.05. The van der Waals surface area contributed by atoms with Gasteiger partial charge in [0.15, 0.2) is 0 Å². The number of hydrogen-bond acceptors (Lipinski definition) is 3. The minimum atomic E-state index is -0.147. The molecular formula is C11H23NO2. The van der Waals surface area contributed by atoms with Crippen molar-refractivity contribution in [1.82, 2.24) is 5.32 Å². The number of ether oxygens (including phenoxy) is 1. The molecule has 0 aliphatic heterocycles. The molecule has 0 aliphatic rings. The van der Waals surface area contributed by atoms with Crippen LogP contribution in [0.3, 0.4) is 0 Å². The van der Waals surface area contributed by atoms with Crippen molar-refractivity contribution in [3.63, 3.8) is 0 Å². The first-order valence-corrected chi connectivity index (χ1v) is 5.45. The Bertz CT molecular complexity index is 157. The average Bonchev–Trinajstić information content (AvgIpc) is 2.13. The SMILES string of the molecule is CCC(C)NCC(=O)OCCC(C)C. The highest BCUT2D eigenvalue weighted by molar-refractivity contribution is 5.71. The van der Waals surface area contributed by atoms with Crippen LogP contribution >= 0.6 is 0 Å². The van der Waals surface area contributed by atoms with Gasteiger partial charge in [0, 0.05) is 6.04 Å².